The molecule has 0 amide bonds. The molecule has 0 spiro atoms. The summed E-state index contributed by atoms with van der Waals surface area (Å²) in [7, 11) is 0. The van der Waals surface area contributed by atoms with Crippen molar-refractivity contribution in [2.45, 2.75) is 19.8 Å². The van der Waals surface area contributed by atoms with Gasteiger partial charge in [-0.3, -0.25) is 0 Å². The summed E-state index contributed by atoms with van der Waals surface area (Å²) in [6.07, 6.45) is 0. The molecular weight excluding hydrogens is 428 g/mol. The molecule has 2 aromatic heterocycles. The summed E-state index contributed by atoms with van der Waals surface area (Å²) in [6.45, 7) is 3.68. The molecule has 0 atom stereocenters. The van der Waals surface area contributed by atoms with Crippen LogP contribution < -0.4 is 10.4 Å². The molecule has 1 N–H and O–H groups in total. The average Bonchev–Trinajstić information content (AvgIpc) is 3.29. The zero-order valence-electron chi connectivity index (χ0n) is 18.9. The van der Waals surface area contributed by atoms with Gasteiger partial charge in [0, 0.05) is 22.9 Å². The lowest BCUT2D eigenvalue weighted by molar-refractivity contribution is 0.303. The van der Waals surface area contributed by atoms with Crippen LogP contribution in [0.4, 0.5) is 0 Å². The minimum Gasteiger partial charge on any atom is -0.507 e. The Kier molecular flexibility index (Phi) is 5.68. The van der Waals surface area contributed by atoms with E-state index in [2.05, 4.69) is 24.3 Å². The largest absolute Gasteiger partial charge is 0.507 e. The molecule has 5 rings (SSSR count). The van der Waals surface area contributed by atoms with Crippen molar-refractivity contribution in [1.82, 2.24) is 0 Å². The summed E-state index contributed by atoms with van der Waals surface area (Å²) in [5, 5.41) is 11.1. The molecule has 2 heterocycles. The normalized spacial score (nSPS) is 11.3. The summed E-state index contributed by atoms with van der Waals surface area (Å²) >= 11 is 0. The molecule has 170 valence electrons. The topological polar surface area (TPSA) is 72.8 Å². The van der Waals surface area contributed by atoms with E-state index in [4.69, 9.17) is 13.6 Å². The van der Waals surface area contributed by atoms with Gasteiger partial charge >= 0.3 is 5.63 Å². The van der Waals surface area contributed by atoms with Crippen molar-refractivity contribution in [1.29, 1.82) is 0 Å². The first-order chi connectivity index (χ1) is 16.5. The first kappa shape index (κ1) is 21.6. The van der Waals surface area contributed by atoms with Gasteiger partial charge in [0.2, 0.25) is 0 Å². The van der Waals surface area contributed by atoms with Crippen molar-refractivity contribution in [3.8, 4) is 23.0 Å². The van der Waals surface area contributed by atoms with Crippen molar-refractivity contribution in [3.63, 3.8) is 0 Å². The van der Waals surface area contributed by atoms with Crippen molar-refractivity contribution >= 4 is 11.0 Å². The van der Waals surface area contributed by atoms with Gasteiger partial charge in [-0.1, -0.05) is 60.7 Å². The fourth-order valence-electron chi connectivity index (χ4n) is 4.11. The molecule has 0 fully saturated rings. The standard InChI is InChI=1S/C29H24O5/c1-18-27(30)19(2)29(31)34-28(18)26-15-22-13-14-23(16-25(22)33-26)32-17-24(20-9-5-3-6-10-20)21-11-7-4-8-12-21/h3-16,24,30H,17H2,1-2H3. The maximum absolute atomic E-state index is 12.1. The lowest BCUT2D eigenvalue weighted by Crippen LogP contribution is -2.11. The molecule has 3 aromatic carbocycles. The Labute approximate surface area is 196 Å². The molecule has 0 aliphatic carbocycles. The van der Waals surface area contributed by atoms with Crippen LogP contribution in [0.1, 0.15) is 28.2 Å². The van der Waals surface area contributed by atoms with Gasteiger partial charge in [0.15, 0.2) is 11.5 Å². The van der Waals surface area contributed by atoms with Crippen LogP contribution in [-0.4, -0.2) is 11.7 Å². The first-order valence-electron chi connectivity index (χ1n) is 11.1. The van der Waals surface area contributed by atoms with E-state index in [0.717, 1.165) is 5.39 Å². The Balaban J connectivity index is 1.44. The third-order valence-corrected chi connectivity index (χ3v) is 6.09. The van der Waals surface area contributed by atoms with E-state index in [1.54, 1.807) is 13.0 Å². The molecule has 0 aliphatic rings. The average molecular weight is 453 g/mol. The zero-order valence-corrected chi connectivity index (χ0v) is 18.9. The second kappa shape index (κ2) is 8.94. The van der Waals surface area contributed by atoms with Crippen molar-refractivity contribution in [3.05, 3.63) is 118 Å². The van der Waals surface area contributed by atoms with E-state index >= 15 is 0 Å². The molecule has 0 saturated carbocycles. The number of hydrogen-bond acceptors (Lipinski definition) is 5. The van der Waals surface area contributed by atoms with Gasteiger partial charge in [0.05, 0.1) is 12.2 Å². The van der Waals surface area contributed by atoms with Crippen LogP contribution >= 0.6 is 0 Å². The van der Waals surface area contributed by atoms with Gasteiger partial charge in [-0.05, 0) is 43.2 Å². The van der Waals surface area contributed by atoms with Crippen LogP contribution in [-0.2, 0) is 0 Å². The van der Waals surface area contributed by atoms with Crippen LogP contribution in [0.15, 0.2) is 98.6 Å². The molecule has 0 bridgehead atoms. The molecule has 0 aliphatic heterocycles. The van der Waals surface area contributed by atoms with Crippen LogP contribution in [0.3, 0.4) is 0 Å². The lowest BCUT2D eigenvalue weighted by atomic mass is 9.92. The predicted molar refractivity (Wildman–Crippen MR) is 132 cm³/mol. The van der Waals surface area contributed by atoms with Crippen LogP contribution in [0.2, 0.25) is 0 Å². The fraction of sp³-hybridized carbons (Fsp3) is 0.138. The van der Waals surface area contributed by atoms with Gasteiger partial charge in [-0.25, -0.2) is 4.79 Å². The Morgan fingerprint density at radius 2 is 1.47 bits per heavy atom. The summed E-state index contributed by atoms with van der Waals surface area (Å²) < 4.78 is 17.6. The van der Waals surface area contributed by atoms with E-state index < -0.39 is 5.63 Å². The highest BCUT2D eigenvalue weighted by Crippen LogP contribution is 2.35. The van der Waals surface area contributed by atoms with Crippen molar-refractivity contribution < 1.29 is 18.7 Å². The smallest absolute Gasteiger partial charge is 0.343 e. The number of rotatable bonds is 6. The highest BCUT2D eigenvalue weighted by molar-refractivity contribution is 5.83. The summed E-state index contributed by atoms with van der Waals surface area (Å²) in [4.78, 5) is 12.1. The Hall–Kier alpha value is -4.25. The number of benzene rings is 3. The Bertz CT molecular complexity index is 1460. The van der Waals surface area contributed by atoms with E-state index in [9.17, 15) is 9.90 Å². The quantitative estimate of drug-likeness (QED) is 0.315. The molecule has 5 aromatic rings. The van der Waals surface area contributed by atoms with Crippen molar-refractivity contribution in [2.75, 3.05) is 6.61 Å². The monoisotopic (exact) mass is 452 g/mol. The van der Waals surface area contributed by atoms with Gasteiger partial charge < -0.3 is 18.7 Å². The highest BCUT2D eigenvalue weighted by Gasteiger charge is 2.19. The third-order valence-electron chi connectivity index (χ3n) is 6.09. The van der Waals surface area contributed by atoms with Gasteiger partial charge in [-0.15, -0.1) is 0 Å². The molecule has 5 nitrogen and oxygen atoms in total. The minimum absolute atomic E-state index is 0.0800. The number of furan rings is 1. The molecular formula is C29H24O5. The van der Waals surface area contributed by atoms with Gasteiger partial charge in [-0.2, -0.15) is 0 Å². The third kappa shape index (κ3) is 4.08. The summed E-state index contributed by atoms with van der Waals surface area (Å²) in [5.74, 6) is 1.28. The molecule has 0 radical (unpaired) electrons. The second-order valence-corrected chi connectivity index (χ2v) is 8.31. The number of aromatic hydroxyl groups is 1. The van der Waals surface area contributed by atoms with Gasteiger partial charge in [0.1, 0.15) is 17.1 Å². The predicted octanol–water partition coefficient (Wildman–Crippen LogP) is 6.59. The fourth-order valence-corrected chi connectivity index (χ4v) is 4.11. The SMILES string of the molecule is Cc1c(-c2cc3ccc(OCC(c4ccccc4)c4ccccc4)cc3o2)oc(=O)c(C)c1O. The maximum atomic E-state index is 12.1. The van der Waals surface area contributed by atoms with Gasteiger partial charge in [0.25, 0.3) is 0 Å². The molecule has 34 heavy (non-hydrogen) atoms. The molecule has 0 saturated heterocycles. The number of hydrogen-bond donors (Lipinski definition) is 1. The summed E-state index contributed by atoms with van der Waals surface area (Å²) in [5.41, 5.74) is 3.01. The lowest BCUT2D eigenvalue weighted by Gasteiger charge is -2.19. The number of ether oxygens (including phenoxy) is 1. The Morgan fingerprint density at radius 3 is 2.12 bits per heavy atom. The number of fused-ring (bicyclic) bond motifs is 1. The van der Waals surface area contributed by atoms with Crippen molar-refractivity contribution in [2.24, 2.45) is 0 Å². The van der Waals surface area contributed by atoms with Crippen LogP contribution in [0, 0.1) is 13.8 Å². The van der Waals surface area contributed by atoms with E-state index in [-0.39, 0.29) is 23.0 Å². The van der Waals surface area contributed by atoms with Crippen LogP contribution in [0.5, 0.6) is 11.5 Å². The van der Waals surface area contributed by atoms with Crippen LogP contribution in [0.25, 0.3) is 22.5 Å². The zero-order chi connectivity index (χ0) is 23.7. The second-order valence-electron chi connectivity index (χ2n) is 8.31. The first-order valence-corrected chi connectivity index (χ1v) is 11.1. The molecule has 5 heteroatoms. The highest BCUT2D eigenvalue weighted by atomic mass is 16.5. The van der Waals surface area contributed by atoms with E-state index in [1.165, 1.54) is 18.1 Å². The minimum atomic E-state index is -0.588. The Morgan fingerprint density at radius 1 is 0.824 bits per heavy atom. The maximum Gasteiger partial charge on any atom is 0.343 e. The van der Waals surface area contributed by atoms with E-state index in [1.807, 2.05) is 54.6 Å². The molecule has 0 unspecified atom stereocenters. The summed E-state index contributed by atoms with van der Waals surface area (Å²) in [6, 6.07) is 28.0. The van der Waals surface area contributed by atoms with E-state index in [0.29, 0.717) is 29.3 Å².